The standard InChI is InChI=1S/C17H25N3O3/c1-19-11-14(21)9-17(12-19)5-7-20(8-6-17)16(22)13-3-4-15(23-2)18-10-13/h3-4,10,14,21H,5-9,11-12H2,1-2H3. The lowest BCUT2D eigenvalue weighted by Crippen LogP contribution is -2.53. The van der Waals surface area contributed by atoms with Crippen molar-refractivity contribution < 1.29 is 14.6 Å². The third-order valence-corrected chi connectivity index (χ3v) is 5.10. The van der Waals surface area contributed by atoms with Gasteiger partial charge in [0, 0.05) is 38.4 Å². The molecule has 1 spiro atoms. The molecular formula is C17H25N3O3. The number of ether oxygens (including phenoxy) is 1. The summed E-state index contributed by atoms with van der Waals surface area (Å²) in [6, 6.07) is 3.47. The summed E-state index contributed by atoms with van der Waals surface area (Å²) in [6.07, 6.45) is 4.07. The average molecular weight is 319 g/mol. The summed E-state index contributed by atoms with van der Waals surface area (Å²) >= 11 is 0. The number of piperidine rings is 2. The minimum atomic E-state index is -0.248. The molecule has 1 unspecified atom stereocenters. The van der Waals surface area contributed by atoms with E-state index in [2.05, 4.69) is 16.9 Å². The molecule has 6 heteroatoms. The summed E-state index contributed by atoms with van der Waals surface area (Å²) in [7, 11) is 3.62. The number of carbonyl (C=O) groups is 1. The molecule has 1 aromatic heterocycles. The van der Waals surface area contributed by atoms with E-state index in [9.17, 15) is 9.90 Å². The smallest absolute Gasteiger partial charge is 0.255 e. The van der Waals surface area contributed by atoms with Gasteiger partial charge in [-0.15, -0.1) is 0 Å². The predicted octanol–water partition coefficient (Wildman–Crippen LogP) is 1.01. The molecule has 3 rings (SSSR count). The number of pyridine rings is 1. The van der Waals surface area contributed by atoms with Gasteiger partial charge in [0.15, 0.2) is 0 Å². The van der Waals surface area contributed by atoms with Crippen LogP contribution in [0.5, 0.6) is 5.88 Å². The first-order valence-corrected chi connectivity index (χ1v) is 8.17. The highest BCUT2D eigenvalue weighted by molar-refractivity contribution is 5.94. The molecule has 1 N–H and O–H groups in total. The molecule has 3 heterocycles. The van der Waals surface area contributed by atoms with Gasteiger partial charge in [0.25, 0.3) is 5.91 Å². The van der Waals surface area contributed by atoms with Crippen LogP contribution < -0.4 is 4.74 Å². The summed E-state index contributed by atoms with van der Waals surface area (Å²) in [5.41, 5.74) is 0.754. The van der Waals surface area contributed by atoms with E-state index in [-0.39, 0.29) is 17.4 Å². The minimum absolute atomic E-state index is 0.0275. The van der Waals surface area contributed by atoms with Gasteiger partial charge >= 0.3 is 0 Å². The van der Waals surface area contributed by atoms with Gasteiger partial charge in [-0.05, 0) is 37.8 Å². The van der Waals surface area contributed by atoms with E-state index >= 15 is 0 Å². The fourth-order valence-electron chi connectivity index (χ4n) is 3.98. The number of rotatable bonds is 2. The zero-order chi connectivity index (χ0) is 16.4. The molecule has 0 aromatic carbocycles. The lowest BCUT2D eigenvalue weighted by atomic mass is 9.71. The number of aromatic nitrogens is 1. The SMILES string of the molecule is COc1ccc(C(=O)N2CCC3(CC2)CC(O)CN(C)C3)cn1. The first kappa shape index (κ1) is 16.2. The van der Waals surface area contributed by atoms with Gasteiger partial charge in [-0.3, -0.25) is 4.79 Å². The Kier molecular flexibility index (Phi) is 4.55. The largest absolute Gasteiger partial charge is 0.481 e. The van der Waals surface area contributed by atoms with Gasteiger partial charge in [-0.25, -0.2) is 4.98 Å². The molecular weight excluding hydrogens is 294 g/mol. The maximum atomic E-state index is 12.6. The highest BCUT2D eigenvalue weighted by Gasteiger charge is 2.41. The number of aliphatic hydroxyl groups is 1. The molecule has 23 heavy (non-hydrogen) atoms. The van der Waals surface area contributed by atoms with Crippen LogP contribution >= 0.6 is 0 Å². The van der Waals surface area contributed by atoms with Gasteiger partial charge in [0.1, 0.15) is 0 Å². The molecule has 0 radical (unpaired) electrons. The van der Waals surface area contributed by atoms with E-state index in [4.69, 9.17) is 4.74 Å². The summed E-state index contributed by atoms with van der Waals surface area (Å²) in [5.74, 6) is 0.540. The van der Waals surface area contributed by atoms with E-state index in [0.717, 1.165) is 45.4 Å². The number of likely N-dealkylation sites (tertiary alicyclic amines) is 2. The van der Waals surface area contributed by atoms with Gasteiger partial charge in [0.2, 0.25) is 5.88 Å². The molecule has 126 valence electrons. The van der Waals surface area contributed by atoms with Crippen molar-refractivity contribution in [3.63, 3.8) is 0 Å². The minimum Gasteiger partial charge on any atom is -0.481 e. The Morgan fingerprint density at radius 3 is 2.70 bits per heavy atom. The fraction of sp³-hybridized carbons (Fsp3) is 0.647. The number of hydrogen-bond acceptors (Lipinski definition) is 5. The highest BCUT2D eigenvalue weighted by Crippen LogP contribution is 2.39. The van der Waals surface area contributed by atoms with Gasteiger partial charge in [-0.2, -0.15) is 0 Å². The summed E-state index contributed by atoms with van der Waals surface area (Å²) < 4.78 is 5.03. The summed E-state index contributed by atoms with van der Waals surface area (Å²) in [6.45, 7) is 3.24. The van der Waals surface area contributed by atoms with Crippen LogP contribution in [0.15, 0.2) is 18.3 Å². The molecule has 1 atom stereocenters. The second-order valence-corrected chi connectivity index (χ2v) is 6.94. The summed E-state index contributed by atoms with van der Waals surface area (Å²) in [5, 5.41) is 10.1. The van der Waals surface area contributed by atoms with Crippen molar-refractivity contribution in [1.29, 1.82) is 0 Å². The molecule has 0 saturated carbocycles. The third-order valence-electron chi connectivity index (χ3n) is 5.10. The van der Waals surface area contributed by atoms with Crippen LogP contribution in [0.2, 0.25) is 0 Å². The normalized spacial score (nSPS) is 24.7. The second kappa shape index (κ2) is 6.45. The van der Waals surface area contributed by atoms with Crippen LogP contribution in [0.3, 0.4) is 0 Å². The quantitative estimate of drug-likeness (QED) is 0.881. The first-order valence-electron chi connectivity index (χ1n) is 8.17. The van der Waals surface area contributed by atoms with Gasteiger partial charge in [0.05, 0.1) is 18.8 Å². The van der Waals surface area contributed by atoms with Crippen LogP contribution in [0, 0.1) is 5.41 Å². The number of amides is 1. The van der Waals surface area contributed by atoms with Crippen molar-refractivity contribution in [2.75, 3.05) is 40.3 Å². The number of β-amino-alcohol motifs (C(OH)–C–C–N with tert-alkyl or cyclic N) is 1. The zero-order valence-corrected chi connectivity index (χ0v) is 13.9. The van der Waals surface area contributed by atoms with Crippen LogP contribution in [0.4, 0.5) is 0 Å². The highest BCUT2D eigenvalue weighted by atomic mass is 16.5. The van der Waals surface area contributed by atoms with Crippen LogP contribution in [-0.2, 0) is 0 Å². The molecule has 2 aliphatic rings. The topological polar surface area (TPSA) is 65.9 Å². The molecule has 0 bridgehead atoms. The molecule has 2 saturated heterocycles. The average Bonchev–Trinajstić information content (AvgIpc) is 2.54. The number of carbonyl (C=O) groups excluding carboxylic acids is 1. The van der Waals surface area contributed by atoms with Crippen LogP contribution in [-0.4, -0.2) is 72.2 Å². The first-order chi connectivity index (χ1) is 11.0. The van der Waals surface area contributed by atoms with Crippen molar-refractivity contribution in [3.05, 3.63) is 23.9 Å². The second-order valence-electron chi connectivity index (χ2n) is 6.94. The van der Waals surface area contributed by atoms with Crippen molar-refractivity contribution in [3.8, 4) is 5.88 Å². The van der Waals surface area contributed by atoms with Crippen molar-refractivity contribution >= 4 is 5.91 Å². The fourth-order valence-corrected chi connectivity index (χ4v) is 3.98. The molecule has 1 amide bonds. The molecule has 2 fully saturated rings. The maximum Gasteiger partial charge on any atom is 0.255 e. The van der Waals surface area contributed by atoms with E-state index in [1.165, 1.54) is 0 Å². The van der Waals surface area contributed by atoms with Gasteiger partial charge in [-0.1, -0.05) is 0 Å². The molecule has 1 aromatic rings. The van der Waals surface area contributed by atoms with Crippen molar-refractivity contribution in [2.24, 2.45) is 5.41 Å². The molecule has 0 aliphatic carbocycles. The monoisotopic (exact) mass is 319 g/mol. The number of likely N-dealkylation sites (N-methyl/N-ethyl adjacent to an activating group) is 1. The Morgan fingerprint density at radius 2 is 2.13 bits per heavy atom. The molecule has 2 aliphatic heterocycles. The lowest BCUT2D eigenvalue weighted by Gasteiger charge is -2.48. The van der Waals surface area contributed by atoms with Crippen LogP contribution in [0.1, 0.15) is 29.6 Å². The van der Waals surface area contributed by atoms with E-state index in [0.29, 0.717) is 11.4 Å². The Balaban J connectivity index is 1.62. The zero-order valence-electron chi connectivity index (χ0n) is 13.9. The number of methoxy groups -OCH3 is 1. The number of aliphatic hydroxyl groups excluding tert-OH is 1. The third kappa shape index (κ3) is 3.48. The van der Waals surface area contributed by atoms with Crippen molar-refractivity contribution in [1.82, 2.24) is 14.8 Å². The predicted molar refractivity (Wildman–Crippen MR) is 86.5 cm³/mol. The maximum absolute atomic E-state index is 12.6. The Morgan fingerprint density at radius 1 is 1.39 bits per heavy atom. The van der Waals surface area contributed by atoms with E-state index in [1.54, 1.807) is 25.4 Å². The van der Waals surface area contributed by atoms with Crippen molar-refractivity contribution in [2.45, 2.75) is 25.4 Å². The van der Waals surface area contributed by atoms with Gasteiger partial charge < -0.3 is 19.6 Å². The summed E-state index contributed by atoms with van der Waals surface area (Å²) in [4.78, 5) is 20.8. The number of nitrogens with zero attached hydrogens (tertiary/aromatic N) is 3. The Hall–Kier alpha value is -1.66. The lowest BCUT2D eigenvalue weighted by molar-refractivity contribution is -0.0286. The molecule has 6 nitrogen and oxygen atoms in total. The van der Waals surface area contributed by atoms with Crippen LogP contribution in [0.25, 0.3) is 0 Å². The van der Waals surface area contributed by atoms with E-state index in [1.807, 2.05) is 4.90 Å². The number of hydrogen-bond donors (Lipinski definition) is 1. The Bertz CT molecular complexity index is 541. The Labute approximate surface area is 137 Å². The van der Waals surface area contributed by atoms with E-state index < -0.39 is 0 Å².